The van der Waals surface area contributed by atoms with Gasteiger partial charge < -0.3 is 0 Å². The Kier molecular flexibility index (Phi) is 10.8. The Morgan fingerprint density at radius 2 is 0.765 bits per heavy atom. The van der Waals surface area contributed by atoms with Crippen LogP contribution in [0.5, 0.6) is 0 Å². The van der Waals surface area contributed by atoms with Gasteiger partial charge in [0, 0.05) is 0 Å². The fourth-order valence-electron chi connectivity index (χ4n) is 3.07. The molecule has 0 N–H and O–H groups in total. The summed E-state index contributed by atoms with van der Waals surface area (Å²) >= 11 is -1.48. The SMILES string of the molecule is CC[As](CC)C([SiH3])([As](CC)CC)[As](CC)CC. The predicted octanol–water partition coefficient (Wildman–Crippen LogP) is 3.73. The van der Waals surface area contributed by atoms with Crippen LogP contribution in [0.15, 0.2) is 0 Å². The topological polar surface area (TPSA) is 0 Å². The maximum absolute atomic E-state index is 2.52. The van der Waals surface area contributed by atoms with E-state index in [0.29, 0.717) is 0 Å². The third kappa shape index (κ3) is 4.44. The van der Waals surface area contributed by atoms with Gasteiger partial charge in [-0.1, -0.05) is 0 Å². The van der Waals surface area contributed by atoms with Gasteiger partial charge in [-0.05, 0) is 0 Å². The summed E-state index contributed by atoms with van der Waals surface area (Å²) in [5, 5.41) is 9.60. The molecule has 0 heterocycles. The Morgan fingerprint density at radius 1 is 0.588 bits per heavy atom. The van der Waals surface area contributed by atoms with Crippen molar-refractivity contribution in [3.63, 3.8) is 0 Å². The standard InChI is InChI=1S/C13H33As3Si/c1-7-14(8-2)13(17,15(9-3)10-4)16(11-5)12-6/h7-12H2,1-6,17H3. The molecule has 0 aliphatic rings. The summed E-state index contributed by atoms with van der Waals surface area (Å²) in [6.45, 7) is 15.1. The van der Waals surface area contributed by atoms with Crippen LogP contribution < -0.4 is 0 Å². The van der Waals surface area contributed by atoms with Crippen LogP contribution in [0, 0.1) is 0 Å². The molecule has 104 valence electrons. The Hall–Kier alpha value is 1.89. The molecule has 0 unspecified atom stereocenters. The molecular weight excluding hydrogens is 409 g/mol. The molecular formula is C13H33As3Si. The van der Waals surface area contributed by atoms with Gasteiger partial charge in [0.25, 0.3) is 0 Å². The summed E-state index contributed by atoms with van der Waals surface area (Å²) < 4.78 is 1.13. The molecule has 0 aliphatic heterocycles. The molecule has 4 heteroatoms. The van der Waals surface area contributed by atoms with Crippen LogP contribution in [0.4, 0.5) is 0 Å². The molecule has 0 spiro atoms. The average Bonchev–Trinajstić information content (AvgIpc) is 2.33. The van der Waals surface area contributed by atoms with E-state index in [4.69, 9.17) is 0 Å². The second kappa shape index (κ2) is 9.74. The van der Waals surface area contributed by atoms with E-state index < -0.39 is 44.0 Å². The van der Waals surface area contributed by atoms with E-state index in [9.17, 15) is 0 Å². The van der Waals surface area contributed by atoms with Gasteiger partial charge in [-0.3, -0.25) is 0 Å². The first-order valence-corrected chi connectivity index (χ1v) is 19.1. The first-order valence-electron chi connectivity index (χ1n) is 7.31. The fourth-order valence-corrected chi connectivity index (χ4v) is 57.4. The molecule has 0 fully saturated rings. The average molecular weight is 442 g/mol. The zero-order valence-corrected chi connectivity index (χ0v) is 20.7. The van der Waals surface area contributed by atoms with Crippen molar-refractivity contribution in [2.75, 3.05) is 0 Å². The number of hydrogen-bond donors (Lipinski definition) is 0. The maximum atomic E-state index is 2.52. The van der Waals surface area contributed by atoms with Crippen molar-refractivity contribution in [1.29, 1.82) is 0 Å². The van der Waals surface area contributed by atoms with E-state index in [2.05, 4.69) is 41.5 Å². The van der Waals surface area contributed by atoms with E-state index in [1.807, 2.05) is 0 Å². The molecule has 0 aromatic rings. The van der Waals surface area contributed by atoms with Gasteiger partial charge in [0.05, 0.1) is 0 Å². The molecule has 17 heavy (non-hydrogen) atoms. The van der Waals surface area contributed by atoms with Crippen LogP contribution >= 0.6 is 0 Å². The third-order valence-corrected chi connectivity index (χ3v) is 49.6. The van der Waals surface area contributed by atoms with Crippen molar-refractivity contribution in [2.24, 2.45) is 0 Å². The van der Waals surface area contributed by atoms with Crippen molar-refractivity contribution < 1.29 is 0 Å². The van der Waals surface area contributed by atoms with Gasteiger partial charge in [-0.2, -0.15) is 0 Å². The van der Waals surface area contributed by atoms with Gasteiger partial charge in [0.1, 0.15) is 0 Å². The minimum absolute atomic E-state index is 0.492. The normalized spacial score (nSPS) is 13.2. The first kappa shape index (κ1) is 18.9. The van der Waals surface area contributed by atoms with E-state index >= 15 is 0 Å². The van der Waals surface area contributed by atoms with Crippen molar-refractivity contribution >= 4 is 54.2 Å². The molecule has 0 rings (SSSR count). The zero-order valence-electron chi connectivity index (χ0n) is 13.1. The summed E-state index contributed by atoms with van der Waals surface area (Å²) in [5.41, 5.74) is 0. The fraction of sp³-hybridized carbons (Fsp3) is 1.00. The van der Waals surface area contributed by atoms with Crippen LogP contribution in [0.3, 0.4) is 0 Å². The van der Waals surface area contributed by atoms with Gasteiger partial charge >= 0.3 is 128 Å². The summed E-state index contributed by atoms with van der Waals surface area (Å²) in [4.78, 5) is 0. The van der Waals surface area contributed by atoms with Gasteiger partial charge in [0.15, 0.2) is 0 Å². The van der Waals surface area contributed by atoms with Crippen molar-refractivity contribution in [3.05, 3.63) is 0 Å². The number of rotatable bonds is 9. The van der Waals surface area contributed by atoms with Crippen LogP contribution in [-0.4, -0.2) is 54.2 Å². The summed E-state index contributed by atoms with van der Waals surface area (Å²) in [7, 11) is 1.57. The number of hydrogen-bond acceptors (Lipinski definition) is 0. The van der Waals surface area contributed by atoms with E-state index in [1.54, 1.807) is 41.5 Å². The monoisotopic (exact) mass is 442 g/mol. The summed E-state index contributed by atoms with van der Waals surface area (Å²) in [5.74, 6) is 0. The van der Waals surface area contributed by atoms with Crippen LogP contribution in [0.2, 0.25) is 32.7 Å². The van der Waals surface area contributed by atoms with Crippen molar-refractivity contribution in [3.8, 4) is 0 Å². The molecule has 0 bridgehead atoms. The molecule has 0 atom stereocenters. The molecule has 0 aromatic heterocycles. The predicted molar refractivity (Wildman–Crippen MR) is 92.8 cm³/mol. The van der Waals surface area contributed by atoms with Gasteiger partial charge in [-0.15, -0.1) is 0 Å². The molecule has 0 nitrogen and oxygen atoms in total. The third-order valence-electron chi connectivity index (χ3n) is 4.09. The van der Waals surface area contributed by atoms with Crippen LogP contribution in [-0.2, 0) is 0 Å². The molecule has 0 aliphatic carbocycles. The van der Waals surface area contributed by atoms with Crippen LogP contribution in [0.25, 0.3) is 0 Å². The zero-order chi connectivity index (χ0) is 13.5. The second-order valence-corrected chi connectivity index (χ2v) is 36.8. The van der Waals surface area contributed by atoms with Gasteiger partial charge in [0.2, 0.25) is 0 Å². The molecule has 0 radical (unpaired) electrons. The Morgan fingerprint density at radius 3 is 0.882 bits per heavy atom. The van der Waals surface area contributed by atoms with Gasteiger partial charge in [-0.25, -0.2) is 0 Å². The van der Waals surface area contributed by atoms with E-state index in [1.165, 1.54) is 0 Å². The molecule has 0 amide bonds. The van der Waals surface area contributed by atoms with E-state index in [0.717, 1.165) is 1.40 Å². The molecule has 0 saturated heterocycles. The minimum atomic E-state index is -0.492. The van der Waals surface area contributed by atoms with Crippen molar-refractivity contribution in [1.82, 2.24) is 0 Å². The molecule has 0 aromatic carbocycles. The quantitative estimate of drug-likeness (QED) is 0.478. The Balaban J connectivity index is 5.29. The van der Waals surface area contributed by atoms with Crippen LogP contribution in [0.1, 0.15) is 41.5 Å². The first-order chi connectivity index (χ1) is 8.06. The summed E-state index contributed by atoms with van der Waals surface area (Å²) in [6.07, 6.45) is 0. The second-order valence-electron chi connectivity index (χ2n) is 4.49. The Bertz CT molecular complexity index is 156. The Labute approximate surface area is 127 Å². The van der Waals surface area contributed by atoms with E-state index in [-0.39, 0.29) is 0 Å². The summed E-state index contributed by atoms with van der Waals surface area (Å²) in [6, 6.07) is 0. The molecule has 0 saturated carbocycles. The van der Waals surface area contributed by atoms with Crippen molar-refractivity contribution in [2.45, 2.75) is 74.2 Å².